The Bertz CT molecular complexity index is 379. The van der Waals surface area contributed by atoms with Crippen molar-refractivity contribution < 1.29 is 8.78 Å². The Kier molecular flexibility index (Phi) is 5.32. The van der Waals surface area contributed by atoms with Crippen molar-refractivity contribution in [2.45, 2.75) is 44.9 Å². The molecule has 106 valence electrons. The topological polar surface area (TPSA) is 12.0 Å². The standard InChI is InChI=1S/C16H23F2N/c1-2-7-19-11-16(12-5-3-4-6-12)13-8-14(17)10-15(18)9-13/h8-10,12,16,19H,2-7,11H2,1H3. The summed E-state index contributed by atoms with van der Waals surface area (Å²) < 4.78 is 26.8. The first kappa shape index (κ1) is 14.4. The van der Waals surface area contributed by atoms with Gasteiger partial charge in [-0.15, -0.1) is 0 Å². The summed E-state index contributed by atoms with van der Waals surface area (Å²) in [4.78, 5) is 0. The highest BCUT2D eigenvalue weighted by Crippen LogP contribution is 2.37. The molecule has 0 bridgehead atoms. The molecule has 1 unspecified atom stereocenters. The minimum absolute atomic E-state index is 0.235. The molecule has 1 atom stereocenters. The van der Waals surface area contributed by atoms with E-state index in [2.05, 4.69) is 12.2 Å². The molecule has 1 aromatic carbocycles. The monoisotopic (exact) mass is 267 g/mol. The largest absolute Gasteiger partial charge is 0.316 e. The van der Waals surface area contributed by atoms with Crippen molar-refractivity contribution >= 4 is 0 Å². The second-order valence-electron chi connectivity index (χ2n) is 5.56. The van der Waals surface area contributed by atoms with Crippen molar-refractivity contribution in [1.82, 2.24) is 5.32 Å². The van der Waals surface area contributed by atoms with Gasteiger partial charge >= 0.3 is 0 Å². The van der Waals surface area contributed by atoms with Gasteiger partial charge in [-0.25, -0.2) is 8.78 Å². The Morgan fingerprint density at radius 1 is 1.16 bits per heavy atom. The Labute approximate surface area is 114 Å². The van der Waals surface area contributed by atoms with Crippen LogP contribution in [0.4, 0.5) is 8.78 Å². The molecule has 1 nitrogen and oxygen atoms in total. The van der Waals surface area contributed by atoms with E-state index in [1.165, 1.54) is 37.8 Å². The highest BCUT2D eigenvalue weighted by atomic mass is 19.1. The molecule has 2 rings (SSSR count). The van der Waals surface area contributed by atoms with E-state index in [1.54, 1.807) is 0 Å². The Balaban J connectivity index is 2.14. The summed E-state index contributed by atoms with van der Waals surface area (Å²) >= 11 is 0. The lowest BCUT2D eigenvalue weighted by Gasteiger charge is -2.24. The van der Waals surface area contributed by atoms with Crippen LogP contribution in [0.2, 0.25) is 0 Å². The molecule has 0 radical (unpaired) electrons. The molecular weight excluding hydrogens is 244 g/mol. The number of nitrogens with one attached hydrogen (secondary N) is 1. The fraction of sp³-hybridized carbons (Fsp3) is 0.625. The van der Waals surface area contributed by atoms with Crippen LogP contribution < -0.4 is 5.32 Å². The maximum atomic E-state index is 13.4. The summed E-state index contributed by atoms with van der Waals surface area (Å²) in [6.07, 6.45) is 5.92. The van der Waals surface area contributed by atoms with Gasteiger partial charge in [-0.2, -0.15) is 0 Å². The van der Waals surface area contributed by atoms with Crippen molar-refractivity contribution in [3.05, 3.63) is 35.4 Å². The normalized spacial score (nSPS) is 17.8. The molecule has 3 heteroatoms. The lowest BCUT2D eigenvalue weighted by Crippen LogP contribution is -2.26. The molecule has 0 heterocycles. The van der Waals surface area contributed by atoms with E-state index in [0.29, 0.717) is 5.92 Å². The van der Waals surface area contributed by atoms with E-state index in [-0.39, 0.29) is 5.92 Å². The highest BCUT2D eigenvalue weighted by Gasteiger charge is 2.26. The van der Waals surface area contributed by atoms with Crippen LogP contribution in [0.25, 0.3) is 0 Å². The van der Waals surface area contributed by atoms with Gasteiger partial charge < -0.3 is 5.32 Å². The summed E-state index contributed by atoms with van der Waals surface area (Å²) in [5.74, 6) is -0.133. The van der Waals surface area contributed by atoms with E-state index in [9.17, 15) is 8.78 Å². The van der Waals surface area contributed by atoms with Gasteiger partial charge in [0, 0.05) is 12.6 Å². The summed E-state index contributed by atoms with van der Waals surface area (Å²) in [7, 11) is 0. The summed E-state index contributed by atoms with van der Waals surface area (Å²) in [5, 5.41) is 3.40. The van der Waals surface area contributed by atoms with Gasteiger partial charge in [0.25, 0.3) is 0 Å². The third-order valence-corrected chi connectivity index (χ3v) is 4.07. The predicted molar refractivity (Wildman–Crippen MR) is 74.2 cm³/mol. The fourth-order valence-electron chi connectivity index (χ4n) is 3.14. The number of halogens is 2. The molecular formula is C16H23F2N. The Morgan fingerprint density at radius 3 is 2.37 bits per heavy atom. The predicted octanol–water partition coefficient (Wildman–Crippen LogP) is 4.24. The lowest BCUT2D eigenvalue weighted by atomic mass is 9.84. The van der Waals surface area contributed by atoms with E-state index < -0.39 is 11.6 Å². The molecule has 1 aliphatic carbocycles. The van der Waals surface area contributed by atoms with Crippen molar-refractivity contribution in [2.24, 2.45) is 5.92 Å². The zero-order valence-electron chi connectivity index (χ0n) is 11.6. The molecule has 1 saturated carbocycles. The van der Waals surface area contributed by atoms with E-state index in [4.69, 9.17) is 0 Å². The van der Waals surface area contributed by atoms with Crippen LogP contribution in [-0.4, -0.2) is 13.1 Å². The van der Waals surface area contributed by atoms with Gasteiger partial charge in [-0.1, -0.05) is 19.8 Å². The van der Waals surface area contributed by atoms with Crippen LogP contribution in [0, 0.1) is 17.6 Å². The van der Waals surface area contributed by atoms with E-state index >= 15 is 0 Å². The minimum Gasteiger partial charge on any atom is -0.316 e. The number of rotatable bonds is 6. The molecule has 0 spiro atoms. The molecule has 1 fully saturated rings. The second kappa shape index (κ2) is 6.99. The molecule has 19 heavy (non-hydrogen) atoms. The molecule has 0 aliphatic heterocycles. The average molecular weight is 267 g/mol. The van der Waals surface area contributed by atoms with Gasteiger partial charge in [0.1, 0.15) is 11.6 Å². The van der Waals surface area contributed by atoms with Crippen LogP contribution in [-0.2, 0) is 0 Å². The quantitative estimate of drug-likeness (QED) is 0.760. The SMILES string of the molecule is CCCNCC(c1cc(F)cc(F)c1)C1CCCC1. The highest BCUT2D eigenvalue weighted by molar-refractivity contribution is 5.23. The third kappa shape index (κ3) is 4.00. The van der Waals surface area contributed by atoms with Gasteiger partial charge in [-0.05, 0) is 55.3 Å². The second-order valence-corrected chi connectivity index (χ2v) is 5.56. The van der Waals surface area contributed by atoms with Crippen LogP contribution in [0.3, 0.4) is 0 Å². The molecule has 0 aromatic heterocycles. The third-order valence-electron chi connectivity index (χ3n) is 4.07. The van der Waals surface area contributed by atoms with E-state index in [0.717, 1.165) is 31.1 Å². The molecule has 1 aliphatic rings. The first-order chi connectivity index (χ1) is 9.20. The summed E-state index contributed by atoms with van der Waals surface area (Å²) in [6, 6.07) is 3.95. The minimum atomic E-state index is -0.464. The van der Waals surface area contributed by atoms with Crippen LogP contribution in [0.5, 0.6) is 0 Å². The number of benzene rings is 1. The Morgan fingerprint density at radius 2 is 1.79 bits per heavy atom. The maximum Gasteiger partial charge on any atom is 0.126 e. The lowest BCUT2D eigenvalue weighted by molar-refractivity contribution is 0.408. The van der Waals surface area contributed by atoms with Crippen LogP contribution in [0.1, 0.15) is 50.5 Å². The average Bonchev–Trinajstić information content (AvgIpc) is 2.87. The first-order valence-corrected chi connectivity index (χ1v) is 7.37. The van der Waals surface area contributed by atoms with Gasteiger partial charge in [0.15, 0.2) is 0 Å². The smallest absolute Gasteiger partial charge is 0.126 e. The van der Waals surface area contributed by atoms with Crippen molar-refractivity contribution in [2.75, 3.05) is 13.1 Å². The maximum absolute atomic E-state index is 13.4. The Hall–Kier alpha value is -0.960. The van der Waals surface area contributed by atoms with Crippen LogP contribution >= 0.6 is 0 Å². The van der Waals surface area contributed by atoms with Crippen molar-refractivity contribution in [3.63, 3.8) is 0 Å². The number of hydrogen-bond donors (Lipinski definition) is 1. The van der Waals surface area contributed by atoms with Crippen LogP contribution in [0.15, 0.2) is 18.2 Å². The summed E-state index contributed by atoms with van der Waals surface area (Å²) in [6.45, 7) is 3.90. The van der Waals surface area contributed by atoms with Gasteiger partial charge in [0.2, 0.25) is 0 Å². The molecule has 0 saturated heterocycles. The summed E-state index contributed by atoms with van der Waals surface area (Å²) in [5.41, 5.74) is 0.813. The van der Waals surface area contributed by atoms with Gasteiger partial charge in [-0.3, -0.25) is 0 Å². The van der Waals surface area contributed by atoms with Crippen molar-refractivity contribution in [3.8, 4) is 0 Å². The molecule has 1 aromatic rings. The zero-order chi connectivity index (χ0) is 13.7. The zero-order valence-corrected chi connectivity index (χ0v) is 11.6. The molecule has 0 amide bonds. The fourth-order valence-corrected chi connectivity index (χ4v) is 3.14. The van der Waals surface area contributed by atoms with Crippen molar-refractivity contribution in [1.29, 1.82) is 0 Å². The molecule has 1 N–H and O–H groups in total. The van der Waals surface area contributed by atoms with E-state index in [1.807, 2.05) is 0 Å². The first-order valence-electron chi connectivity index (χ1n) is 7.37. The van der Waals surface area contributed by atoms with Gasteiger partial charge in [0.05, 0.1) is 0 Å². The number of hydrogen-bond acceptors (Lipinski definition) is 1.